The summed E-state index contributed by atoms with van der Waals surface area (Å²) in [5.41, 5.74) is 2.29. The number of nitrogens with zero attached hydrogens (tertiary/aromatic N) is 3. The van der Waals surface area contributed by atoms with Crippen LogP contribution in [0.15, 0.2) is 54.9 Å². The van der Waals surface area contributed by atoms with Crippen molar-refractivity contribution in [3.63, 3.8) is 0 Å². The van der Waals surface area contributed by atoms with Crippen LogP contribution in [0.3, 0.4) is 0 Å². The van der Waals surface area contributed by atoms with Crippen LogP contribution in [-0.4, -0.2) is 36.1 Å². The summed E-state index contributed by atoms with van der Waals surface area (Å²) in [6.45, 7) is 3.91. The van der Waals surface area contributed by atoms with Crippen molar-refractivity contribution in [1.82, 2.24) is 9.97 Å². The van der Waals surface area contributed by atoms with Crippen LogP contribution in [0.5, 0.6) is 11.5 Å². The summed E-state index contributed by atoms with van der Waals surface area (Å²) in [5.74, 6) is 3.80. The highest BCUT2D eigenvalue weighted by molar-refractivity contribution is 5.62. The van der Waals surface area contributed by atoms with Gasteiger partial charge in [0.15, 0.2) is 0 Å². The zero-order valence-corrected chi connectivity index (χ0v) is 17.4. The van der Waals surface area contributed by atoms with E-state index < -0.39 is 0 Å². The molecule has 0 atom stereocenters. The van der Waals surface area contributed by atoms with Gasteiger partial charge in [0.2, 0.25) is 0 Å². The Hall–Kier alpha value is -3.35. The van der Waals surface area contributed by atoms with Gasteiger partial charge in [-0.3, -0.25) is 0 Å². The Kier molecular flexibility index (Phi) is 5.56. The average Bonchev–Trinajstić information content (AvgIpc) is 3.29. The first kappa shape index (κ1) is 19.6. The average molecular weight is 420 g/mol. The number of hydrogen-bond donors (Lipinski definition) is 2. The molecule has 1 aromatic heterocycles. The smallest absolute Gasteiger partial charge is 0.137 e. The Morgan fingerprint density at radius 3 is 2.74 bits per heavy atom. The Balaban J connectivity index is 1.14. The number of anilines is 3. The molecule has 0 bridgehead atoms. The lowest BCUT2D eigenvalue weighted by molar-refractivity contribution is 0.421. The van der Waals surface area contributed by atoms with Gasteiger partial charge in [-0.2, -0.15) is 0 Å². The fourth-order valence-electron chi connectivity index (χ4n) is 4.28. The number of nitrogens with one attached hydrogen (secondary N) is 2. The molecule has 6 nitrogen and oxygen atoms in total. The molecule has 2 aliphatic heterocycles. The van der Waals surface area contributed by atoms with Crippen molar-refractivity contribution in [2.45, 2.75) is 19.3 Å². The Bertz CT molecular complexity index is 1030. The first-order valence-corrected chi connectivity index (χ1v) is 10.8. The minimum atomic E-state index is -0.269. The topological polar surface area (TPSA) is 62.3 Å². The van der Waals surface area contributed by atoms with Crippen molar-refractivity contribution in [1.29, 1.82) is 0 Å². The summed E-state index contributed by atoms with van der Waals surface area (Å²) >= 11 is 0. The molecule has 3 heterocycles. The zero-order valence-electron chi connectivity index (χ0n) is 17.4. The molecule has 7 heteroatoms. The maximum Gasteiger partial charge on any atom is 0.137 e. The van der Waals surface area contributed by atoms with Gasteiger partial charge in [0, 0.05) is 43.5 Å². The van der Waals surface area contributed by atoms with Crippen molar-refractivity contribution >= 4 is 17.3 Å². The van der Waals surface area contributed by atoms with E-state index in [1.54, 1.807) is 18.5 Å². The standard InChI is InChI=1S/C24H26FN5O/c25-18-4-6-20(7-5-18)31-21-3-1-2-19(14-21)27-15-17-9-12-30(13-10-17)24-22-8-11-26-23(22)28-16-29-24/h1-7,14,16-17,27H,8-13,15H2,(H,26,28,29). The molecule has 3 aromatic rings. The van der Waals surface area contributed by atoms with Crippen molar-refractivity contribution in [3.05, 3.63) is 66.2 Å². The normalized spacial score (nSPS) is 16.0. The number of rotatable bonds is 6. The van der Waals surface area contributed by atoms with Gasteiger partial charge in [-0.1, -0.05) is 6.07 Å². The van der Waals surface area contributed by atoms with E-state index in [2.05, 4.69) is 25.5 Å². The molecule has 0 unspecified atom stereocenters. The molecule has 5 rings (SSSR count). The first-order chi connectivity index (χ1) is 15.2. The van der Waals surface area contributed by atoms with Gasteiger partial charge >= 0.3 is 0 Å². The van der Waals surface area contributed by atoms with Crippen LogP contribution in [0.4, 0.5) is 21.7 Å². The third kappa shape index (κ3) is 4.55. The SMILES string of the molecule is Fc1ccc(Oc2cccc(NCC3CCN(c4ncnc5c4CCN5)CC3)c2)cc1. The number of halogens is 1. The second-order valence-corrected chi connectivity index (χ2v) is 8.10. The van der Waals surface area contributed by atoms with Crippen LogP contribution >= 0.6 is 0 Å². The third-order valence-corrected chi connectivity index (χ3v) is 5.98. The van der Waals surface area contributed by atoms with Gasteiger partial charge in [0.1, 0.15) is 35.3 Å². The maximum absolute atomic E-state index is 13.1. The van der Waals surface area contributed by atoms with Crippen LogP contribution in [0, 0.1) is 11.7 Å². The summed E-state index contributed by atoms with van der Waals surface area (Å²) < 4.78 is 18.9. The van der Waals surface area contributed by atoms with E-state index in [0.29, 0.717) is 11.7 Å². The Labute approximate surface area is 181 Å². The van der Waals surface area contributed by atoms with Crippen LogP contribution in [0.2, 0.25) is 0 Å². The van der Waals surface area contributed by atoms with E-state index in [1.165, 1.54) is 17.7 Å². The molecule has 2 N–H and O–H groups in total. The molecule has 31 heavy (non-hydrogen) atoms. The number of aromatic nitrogens is 2. The largest absolute Gasteiger partial charge is 0.457 e. The van der Waals surface area contributed by atoms with Crippen molar-refractivity contribution in [3.8, 4) is 11.5 Å². The molecule has 0 saturated carbocycles. The quantitative estimate of drug-likeness (QED) is 0.604. The minimum Gasteiger partial charge on any atom is -0.457 e. The van der Waals surface area contributed by atoms with Crippen LogP contribution in [0.1, 0.15) is 18.4 Å². The van der Waals surface area contributed by atoms with Gasteiger partial charge < -0.3 is 20.3 Å². The summed E-state index contributed by atoms with van der Waals surface area (Å²) in [6.07, 6.45) is 4.93. The van der Waals surface area contributed by atoms with E-state index in [1.807, 2.05) is 24.3 Å². The van der Waals surface area contributed by atoms with Crippen LogP contribution in [-0.2, 0) is 6.42 Å². The predicted octanol–water partition coefficient (Wildman–Crippen LogP) is 4.70. The molecule has 0 spiro atoms. The van der Waals surface area contributed by atoms with E-state index >= 15 is 0 Å². The minimum absolute atomic E-state index is 0.269. The fraction of sp³-hybridized carbons (Fsp3) is 0.333. The molecule has 2 aliphatic rings. The van der Waals surface area contributed by atoms with Gasteiger partial charge in [-0.15, -0.1) is 0 Å². The lowest BCUT2D eigenvalue weighted by atomic mass is 9.96. The maximum atomic E-state index is 13.1. The van der Waals surface area contributed by atoms with Crippen molar-refractivity contribution in [2.75, 3.05) is 41.7 Å². The van der Waals surface area contributed by atoms with Gasteiger partial charge in [-0.25, -0.2) is 14.4 Å². The monoisotopic (exact) mass is 419 g/mol. The van der Waals surface area contributed by atoms with E-state index in [-0.39, 0.29) is 5.82 Å². The predicted molar refractivity (Wildman–Crippen MR) is 121 cm³/mol. The molecule has 0 aliphatic carbocycles. The van der Waals surface area contributed by atoms with E-state index in [4.69, 9.17) is 4.74 Å². The summed E-state index contributed by atoms with van der Waals surface area (Å²) in [5, 5.41) is 6.89. The van der Waals surface area contributed by atoms with Gasteiger partial charge in [-0.05, 0) is 61.6 Å². The first-order valence-electron chi connectivity index (χ1n) is 10.8. The highest BCUT2D eigenvalue weighted by Gasteiger charge is 2.25. The molecule has 160 valence electrons. The van der Waals surface area contributed by atoms with E-state index in [9.17, 15) is 4.39 Å². The molecule has 1 saturated heterocycles. The Morgan fingerprint density at radius 2 is 1.90 bits per heavy atom. The second kappa shape index (κ2) is 8.79. The summed E-state index contributed by atoms with van der Waals surface area (Å²) in [4.78, 5) is 11.3. The van der Waals surface area contributed by atoms with Gasteiger partial charge in [0.05, 0.1) is 0 Å². The number of fused-ring (bicyclic) bond motifs is 1. The molecule has 0 radical (unpaired) electrons. The number of hydrogen-bond acceptors (Lipinski definition) is 6. The summed E-state index contributed by atoms with van der Waals surface area (Å²) in [7, 11) is 0. The van der Waals surface area contributed by atoms with Crippen LogP contribution in [0.25, 0.3) is 0 Å². The molecule has 0 amide bonds. The van der Waals surface area contributed by atoms with Gasteiger partial charge in [0.25, 0.3) is 0 Å². The lowest BCUT2D eigenvalue weighted by Gasteiger charge is -2.33. The van der Waals surface area contributed by atoms with Crippen LogP contribution < -0.4 is 20.3 Å². The number of ether oxygens (including phenoxy) is 1. The van der Waals surface area contributed by atoms with Crippen molar-refractivity contribution in [2.24, 2.45) is 5.92 Å². The number of benzene rings is 2. The third-order valence-electron chi connectivity index (χ3n) is 5.98. The Morgan fingerprint density at radius 1 is 1.06 bits per heavy atom. The second-order valence-electron chi connectivity index (χ2n) is 8.10. The molecular formula is C24H26FN5O. The highest BCUT2D eigenvalue weighted by Crippen LogP contribution is 2.31. The van der Waals surface area contributed by atoms with E-state index in [0.717, 1.165) is 68.5 Å². The molecular weight excluding hydrogens is 393 g/mol. The summed E-state index contributed by atoms with van der Waals surface area (Å²) in [6, 6.07) is 14.0. The lowest BCUT2D eigenvalue weighted by Crippen LogP contribution is -2.36. The number of piperidine rings is 1. The highest BCUT2D eigenvalue weighted by atomic mass is 19.1. The zero-order chi connectivity index (χ0) is 21.0. The van der Waals surface area contributed by atoms with Crippen molar-refractivity contribution < 1.29 is 9.13 Å². The molecule has 1 fully saturated rings. The molecule has 2 aromatic carbocycles. The fourth-order valence-corrected chi connectivity index (χ4v) is 4.28.